The van der Waals surface area contributed by atoms with Crippen molar-refractivity contribution in [1.82, 2.24) is 4.90 Å². The van der Waals surface area contributed by atoms with E-state index in [-0.39, 0.29) is 17.6 Å². The van der Waals surface area contributed by atoms with Crippen LogP contribution in [-0.2, 0) is 9.53 Å². The number of carbonyl (C=O) groups is 1. The minimum Gasteiger partial charge on any atom is -0.469 e. The molecule has 2 rings (SSSR count). The van der Waals surface area contributed by atoms with Gasteiger partial charge in [0.15, 0.2) is 0 Å². The molecule has 0 fully saturated rings. The number of nitro groups is 1. The normalized spacial score (nSPS) is 19.0. The summed E-state index contributed by atoms with van der Waals surface area (Å²) in [5.74, 6) is -0.636. The zero-order valence-electron chi connectivity index (χ0n) is 12.1. The van der Waals surface area contributed by atoms with Crippen LogP contribution in [0.15, 0.2) is 30.3 Å². The van der Waals surface area contributed by atoms with Crippen LogP contribution in [-0.4, -0.2) is 42.5 Å². The molecule has 21 heavy (non-hydrogen) atoms. The van der Waals surface area contributed by atoms with Crippen molar-refractivity contribution >= 4 is 17.2 Å². The van der Waals surface area contributed by atoms with Crippen LogP contribution in [0.1, 0.15) is 12.5 Å². The molecule has 6 heteroatoms. The van der Waals surface area contributed by atoms with Crippen molar-refractivity contribution in [2.45, 2.75) is 6.92 Å². The van der Waals surface area contributed by atoms with E-state index >= 15 is 0 Å². The summed E-state index contributed by atoms with van der Waals surface area (Å²) in [5, 5.41) is 10.7. The maximum absolute atomic E-state index is 12.0. The van der Waals surface area contributed by atoms with Gasteiger partial charge in [-0.2, -0.15) is 0 Å². The van der Waals surface area contributed by atoms with Crippen LogP contribution in [0.5, 0.6) is 0 Å². The summed E-state index contributed by atoms with van der Waals surface area (Å²) < 4.78 is 4.88. The number of rotatable bonds is 4. The lowest BCUT2D eigenvalue weighted by Gasteiger charge is -2.30. The highest BCUT2D eigenvalue weighted by molar-refractivity contribution is 5.89. The zero-order chi connectivity index (χ0) is 15.4. The van der Waals surface area contributed by atoms with Gasteiger partial charge in [-0.15, -0.1) is 0 Å². The van der Waals surface area contributed by atoms with Crippen molar-refractivity contribution in [1.29, 1.82) is 0 Å². The lowest BCUT2D eigenvalue weighted by molar-refractivity contribution is -0.384. The van der Waals surface area contributed by atoms with Crippen LogP contribution in [0.2, 0.25) is 0 Å². The predicted molar refractivity (Wildman–Crippen MR) is 78.7 cm³/mol. The van der Waals surface area contributed by atoms with Crippen LogP contribution in [0, 0.1) is 16.0 Å². The molecule has 0 radical (unpaired) electrons. The third-order valence-corrected chi connectivity index (χ3v) is 3.73. The number of ether oxygens (including phenoxy) is 1. The van der Waals surface area contributed by atoms with Crippen molar-refractivity contribution < 1.29 is 14.5 Å². The molecule has 0 N–H and O–H groups in total. The van der Waals surface area contributed by atoms with E-state index in [0.29, 0.717) is 6.54 Å². The summed E-state index contributed by atoms with van der Waals surface area (Å²) in [6, 6.07) is 6.27. The molecule has 1 aliphatic rings. The number of esters is 1. The van der Waals surface area contributed by atoms with Gasteiger partial charge in [-0.25, -0.2) is 0 Å². The number of benzene rings is 1. The van der Waals surface area contributed by atoms with E-state index in [1.54, 1.807) is 12.1 Å². The molecule has 1 heterocycles. The Bertz CT molecular complexity index is 566. The molecule has 0 bridgehead atoms. The topological polar surface area (TPSA) is 72.7 Å². The smallest absolute Gasteiger partial charge is 0.314 e. The van der Waals surface area contributed by atoms with Gasteiger partial charge in [0.1, 0.15) is 0 Å². The molecule has 1 aromatic rings. The molecule has 1 atom stereocenters. The lowest BCUT2D eigenvalue weighted by Crippen LogP contribution is -2.38. The molecule has 0 amide bonds. The number of nitrogens with zero attached hydrogens (tertiary/aromatic N) is 2. The van der Waals surface area contributed by atoms with Gasteiger partial charge in [-0.05, 0) is 29.8 Å². The van der Waals surface area contributed by atoms with Gasteiger partial charge in [0.25, 0.3) is 5.69 Å². The highest BCUT2D eigenvalue weighted by atomic mass is 16.6. The second-order valence-corrected chi connectivity index (χ2v) is 4.89. The summed E-state index contributed by atoms with van der Waals surface area (Å²) in [5.41, 5.74) is 1.74. The Balaban J connectivity index is 2.32. The first-order valence-electron chi connectivity index (χ1n) is 6.81. The molecule has 1 aliphatic heterocycles. The van der Waals surface area contributed by atoms with Gasteiger partial charge in [-0.1, -0.05) is 13.0 Å². The fraction of sp³-hybridized carbons (Fsp3) is 0.400. The third-order valence-electron chi connectivity index (χ3n) is 3.73. The van der Waals surface area contributed by atoms with Gasteiger partial charge < -0.3 is 4.74 Å². The largest absolute Gasteiger partial charge is 0.469 e. The van der Waals surface area contributed by atoms with E-state index < -0.39 is 4.92 Å². The fourth-order valence-electron chi connectivity index (χ4n) is 2.50. The monoisotopic (exact) mass is 290 g/mol. The van der Waals surface area contributed by atoms with Crippen LogP contribution < -0.4 is 0 Å². The Morgan fingerprint density at radius 3 is 2.62 bits per heavy atom. The number of methoxy groups -OCH3 is 1. The zero-order valence-corrected chi connectivity index (χ0v) is 12.1. The fourth-order valence-corrected chi connectivity index (χ4v) is 2.50. The van der Waals surface area contributed by atoms with Crippen LogP contribution in [0.25, 0.3) is 5.57 Å². The number of hydrogen-bond donors (Lipinski definition) is 0. The minimum absolute atomic E-state index is 0.0416. The van der Waals surface area contributed by atoms with Crippen molar-refractivity contribution in [3.63, 3.8) is 0 Å². The van der Waals surface area contributed by atoms with Crippen molar-refractivity contribution in [3.05, 3.63) is 46.0 Å². The third kappa shape index (κ3) is 3.28. The minimum atomic E-state index is -0.435. The highest BCUT2D eigenvalue weighted by Crippen LogP contribution is 2.30. The second kappa shape index (κ2) is 6.49. The van der Waals surface area contributed by atoms with Crippen LogP contribution in [0.3, 0.4) is 0 Å². The van der Waals surface area contributed by atoms with Gasteiger partial charge in [0.2, 0.25) is 0 Å². The maximum Gasteiger partial charge on any atom is 0.314 e. The van der Waals surface area contributed by atoms with Crippen molar-refractivity contribution in [2.24, 2.45) is 5.92 Å². The molecule has 0 aliphatic carbocycles. The summed E-state index contributed by atoms with van der Waals surface area (Å²) in [6.45, 7) is 4.26. The number of hydrogen-bond acceptors (Lipinski definition) is 5. The maximum atomic E-state index is 12.0. The summed E-state index contributed by atoms with van der Waals surface area (Å²) >= 11 is 0. The van der Waals surface area contributed by atoms with E-state index in [1.165, 1.54) is 19.2 Å². The molecule has 1 aromatic carbocycles. The van der Waals surface area contributed by atoms with Gasteiger partial charge in [0.05, 0.1) is 18.0 Å². The number of likely N-dealkylation sites (N-methyl/N-ethyl adjacent to an activating group) is 1. The molecule has 0 saturated heterocycles. The van der Waals surface area contributed by atoms with Gasteiger partial charge in [-0.3, -0.25) is 19.8 Å². The molecule has 1 unspecified atom stereocenters. The van der Waals surface area contributed by atoms with E-state index in [2.05, 4.69) is 4.90 Å². The second-order valence-electron chi connectivity index (χ2n) is 4.89. The Hall–Kier alpha value is -2.21. The molecule has 0 aromatic heterocycles. The Labute approximate surface area is 123 Å². The van der Waals surface area contributed by atoms with Gasteiger partial charge in [0, 0.05) is 25.2 Å². The Morgan fingerprint density at radius 1 is 1.43 bits per heavy atom. The first-order valence-corrected chi connectivity index (χ1v) is 6.81. The standard InChI is InChI=1S/C15H18N2O4/c1-3-16-9-8-13(14(10-16)15(18)21-2)11-4-6-12(7-5-11)17(19)20/h4-8,14H,3,9-10H2,1-2H3. The average Bonchev–Trinajstić information content (AvgIpc) is 2.53. The number of carbonyl (C=O) groups excluding carboxylic acids is 1. The van der Waals surface area contributed by atoms with E-state index in [1.807, 2.05) is 13.0 Å². The molecule has 112 valence electrons. The van der Waals surface area contributed by atoms with E-state index in [4.69, 9.17) is 4.74 Å². The first-order chi connectivity index (χ1) is 10.1. The molecular formula is C15H18N2O4. The summed E-state index contributed by atoms with van der Waals surface area (Å²) in [4.78, 5) is 24.4. The molecular weight excluding hydrogens is 272 g/mol. The summed E-state index contributed by atoms with van der Waals surface area (Å²) in [7, 11) is 1.38. The lowest BCUT2D eigenvalue weighted by atomic mass is 9.89. The number of nitro benzene ring substituents is 1. The predicted octanol–water partition coefficient (Wildman–Crippen LogP) is 2.10. The summed E-state index contributed by atoms with van der Waals surface area (Å²) in [6.07, 6.45) is 2.00. The van der Waals surface area contributed by atoms with Gasteiger partial charge >= 0.3 is 5.97 Å². The molecule has 0 spiro atoms. The van der Waals surface area contributed by atoms with E-state index in [0.717, 1.165) is 24.2 Å². The SMILES string of the molecule is CCN1CC=C(c2ccc([N+](=O)[O-])cc2)C(C(=O)OC)C1. The van der Waals surface area contributed by atoms with Crippen molar-refractivity contribution in [3.8, 4) is 0 Å². The molecule has 6 nitrogen and oxygen atoms in total. The molecule has 0 saturated carbocycles. The highest BCUT2D eigenvalue weighted by Gasteiger charge is 2.29. The van der Waals surface area contributed by atoms with Crippen molar-refractivity contribution in [2.75, 3.05) is 26.7 Å². The quantitative estimate of drug-likeness (QED) is 0.482. The first kappa shape index (κ1) is 15.2. The van der Waals surface area contributed by atoms with Crippen LogP contribution >= 0.6 is 0 Å². The average molecular weight is 290 g/mol. The Morgan fingerprint density at radius 2 is 2.10 bits per heavy atom. The number of non-ortho nitro benzene ring substituents is 1. The Kier molecular flexibility index (Phi) is 4.70. The van der Waals surface area contributed by atoms with Crippen LogP contribution in [0.4, 0.5) is 5.69 Å². The van der Waals surface area contributed by atoms with E-state index in [9.17, 15) is 14.9 Å².